The van der Waals surface area contributed by atoms with E-state index < -0.39 is 11.7 Å². The van der Waals surface area contributed by atoms with Crippen molar-refractivity contribution in [1.29, 1.82) is 0 Å². The highest BCUT2D eigenvalue weighted by atomic mass is 35.5. The molecule has 1 aliphatic heterocycles. The molecule has 0 unspecified atom stereocenters. The minimum Gasteiger partial charge on any atom is -0.384 e. The van der Waals surface area contributed by atoms with Gasteiger partial charge in [-0.15, -0.1) is 0 Å². The summed E-state index contributed by atoms with van der Waals surface area (Å²) in [5, 5.41) is 2.69. The van der Waals surface area contributed by atoms with E-state index in [0.29, 0.717) is 17.2 Å². The molecule has 4 nitrogen and oxygen atoms in total. The van der Waals surface area contributed by atoms with Crippen molar-refractivity contribution in [2.75, 3.05) is 11.1 Å². The first-order valence-electron chi connectivity index (χ1n) is 6.06. The number of anilines is 2. The van der Waals surface area contributed by atoms with Crippen molar-refractivity contribution in [3.8, 4) is 0 Å². The van der Waals surface area contributed by atoms with Gasteiger partial charge < -0.3 is 11.1 Å². The van der Waals surface area contributed by atoms with Crippen molar-refractivity contribution in [3.63, 3.8) is 0 Å². The largest absolute Gasteiger partial charge is 0.384 e. The fraction of sp³-hybridized carbons (Fsp3) is 0.143. The summed E-state index contributed by atoms with van der Waals surface area (Å²) < 4.78 is 14.2. The van der Waals surface area contributed by atoms with Gasteiger partial charge in [-0.05, 0) is 17.7 Å². The van der Waals surface area contributed by atoms with Crippen LogP contribution in [-0.2, 0) is 4.79 Å². The summed E-state index contributed by atoms with van der Waals surface area (Å²) in [4.78, 5) is 15.9. The number of hydrogen-bond donors (Lipinski definition) is 2. The number of nitrogens with zero attached hydrogens (tertiary/aromatic N) is 1. The van der Waals surface area contributed by atoms with E-state index in [4.69, 9.17) is 17.3 Å². The molecule has 0 spiro atoms. The molecule has 0 radical (unpaired) electrons. The Kier molecular flexibility index (Phi) is 3.06. The maximum atomic E-state index is 14.2. The van der Waals surface area contributed by atoms with Gasteiger partial charge in [0, 0.05) is 17.9 Å². The molecule has 0 saturated heterocycles. The molecule has 1 aromatic carbocycles. The van der Waals surface area contributed by atoms with E-state index in [0.717, 1.165) is 5.56 Å². The van der Waals surface area contributed by atoms with Gasteiger partial charge in [-0.1, -0.05) is 29.8 Å². The molecule has 0 bridgehead atoms. The molecule has 102 valence electrons. The summed E-state index contributed by atoms with van der Waals surface area (Å²) >= 11 is 5.81. The van der Waals surface area contributed by atoms with E-state index in [1.165, 1.54) is 6.07 Å². The van der Waals surface area contributed by atoms with Crippen molar-refractivity contribution in [1.82, 2.24) is 4.98 Å². The molecule has 3 rings (SSSR count). The second-order valence-corrected chi connectivity index (χ2v) is 5.03. The average Bonchev–Trinajstić information content (AvgIpc) is 2.40. The lowest BCUT2D eigenvalue weighted by molar-refractivity contribution is -0.116. The van der Waals surface area contributed by atoms with Gasteiger partial charge in [-0.25, -0.2) is 9.37 Å². The Morgan fingerprint density at radius 1 is 1.30 bits per heavy atom. The first-order valence-corrected chi connectivity index (χ1v) is 6.44. The van der Waals surface area contributed by atoms with Crippen molar-refractivity contribution in [2.24, 2.45) is 0 Å². The van der Waals surface area contributed by atoms with Gasteiger partial charge >= 0.3 is 0 Å². The molecular formula is C14H11ClFN3O. The molecule has 0 fully saturated rings. The van der Waals surface area contributed by atoms with Crippen LogP contribution >= 0.6 is 11.6 Å². The van der Waals surface area contributed by atoms with E-state index in [-0.39, 0.29) is 17.4 Å². The number of hydrogen-bond acceptors (Lipinski definition) is 3. The summed E-state index contributed by atoms with van der Waals surface area (Å²) in [6, 6.07) is 8.15. The number of carbonyl (C=O) groups excluding carboxylic acids is 1. The smallest absolute Gasteiger partial charge is 0.226 e. The van der Waals surface area contributed by atoms with E-state index in [1.54, 1.807) is 24.3 Å². The van der Waals surface area contributed by atoms with Crippen LogP contribution in [0, 0.1) is 5.82 Å². The second-order valence-electron chi connectivity index (χ2n) is 4.62. The first-order chi connectivity index (χ1) is 9.56. The highest BCUT2D eigenvalue weighted by molar-refractivity contribution is 6.30. The van der Waals surface area contributed by atoms with Crippen LogP contribution in [-0.4, -0.2) is 10.9 Å². The molecule has 2 aromatic rings. The average molecular weight is 292 g/mol. The van der Waals surface area contributed by atoms with Crippen LogP contribution in [0.5, 0.6) is 0 Å². The topological polar surface area (TPSA) is 68.0 Å². The van der Waals surface area contributed by atoms with Gasteiger partial charge in [0.15, 0.2) is 0 Å². The lowest BCUT2D eigenvalue weighted by Crippen LogP contribution is -2.25. The monoisotopic (exact) mass is 291 g/mol. The number of nitrogens with one attached hydrogen (secondary N) is 1. The molecule has 1 atom stereocenters. The highest BCUT2D eigenvalue weighted by Crippen LogP contribution is 2.38. The van der Waals surface area contributed by atoms with Gasteiger partial charge in [0.25, 0.3) is 0 Å². The van der Waals surface area contributed by atoms with Crippen LogP contribution in [0.3, 0.4) is 0 Å². The molecule has 1 amide bonds. The van der Waals surface area contributed by atoms with Crippen molar-refractivity contribution in [2.45, 2.75) is 12.3 Å². The number of carbonyl (C=O) groups is 1. The predicted octanol–water partition coefficient (Wildman–Crippen LogP) is 2.93. The third-order valence-electron chi connectivity index (χ3n) is 3.33. The molecule has 2 heterocycles. The van der Waals surface area contributed by atoms with Crippen LogP contribution in [0.15, 0.2) is 30.3 Å². The quantitative estimate of drug-likeness (QED) is 0.849. The maximum absolute atomic E-state index is 14.2. The molecular weight excluding hydrogens is 281 g/mol. The SMILES string of the molecule is Nc1ccc2c(n1)NC(=O)C[C@@H]2c1cccc(Cl)c1F. The van der Waals surface area contributed by atoms with E-state index >= 15 is 0 Å². The van der Waals surface area contributed by atoms with Crippen LogP contribution < -0.4 is 11.1 Å². The molecule has 6 heteroatoms. The summed E-state index contributed by atoms with van der Waals surface area (Å²) in [5.74, 6) is -0.455. The lowest BCUT2D eigenvalue weighted by atomic mass is 9.86. The molecule has 1 aliphatic rings. The van der Waals surface area contributed by atoms with E-state index in [1.807, 2.05) is 0 Å². The third kappa shape index (κ3) is 2.10. The Bertz CT molecular complexity index is 705. The van der Waals surface area contributed by atoms with Crippen LogP contribution in [0.25, 0.3) is 0 Å². The van der Waals surface area contributed by atoms with Gasteiger partial charge in [0.05, 0.1) is 5.02 Å². The standard InChI is InChI=1S/C14H11ClFN3O/c15-10-3-1-2-7(13(10)16)9-6-12(20)19-14-8(9)4-5-11(17)18-14/h1-5,9H,6H2,(H3,17,18,19,20)/t9-/m1/s1. The Balaban J connectivity index is 2.16. The maximum Gasteiger partial charge on any atom is 0.226 e. The molecule has 1 aromatic heterocycles. The zero-order valence-corrected chi connectivity index (χ0v) is 11.1. The number of rotatable bonds is 1. The minimum atomic E-state index is -0.503. The van der Waals surface area contributed by atoms with Crippen molar-refractivity contribution in [3.05, 3.63) is 52.3 Å². The van der Waals surface area contributed by atoms with Gasteiger partial charge in [0.1, 0.15) is 17.5 Å². The van der Waals surface area contributed by atoms with Crippen LogP contribution in [0.4, 0.5) is 16.0 Å². The third-order valence-corrected chi connectivity index (χ3v) is 3.62. The minimum absolute atomic E-state index is 0.0402. The Morgan fingerprint density at radius 3 is 2.90 bits per heavy atom. The summed E-state index contributed by atoms with van der Waals surface area (Å²) in [7, 11) is 0. The van der Waals surface area contributed by atoms with Crippen molar-refractivity contribution < 1.29 is 9.18 Å². The second kappa shape index (κ2) is 4.76. The highest BCUT2D eigenvalue weighted by Gasteiger charge is 2.29. The molecule has 0 saturated carbocycles. The zero-order valence-electron chi connectivity index (χ0n) is 10.4. The Labute approximate surface area is 119 Å². The number of nitrogens with two attached hydrogens (primary N) is 1. The van der Waals surface area contributed by atoms with E-state index in [2.05, 4.69) is 10.3 Å². The molecule has 3 N–H and O–H groups in total. The summed E-state index contributed by atoms with van der Waals surface area (Å²) in [5.41, 5.74) is 6.73. The van der Waals surface area contributed by atoms with E-state index in [9.17, 15) is 9.18 Å². The van der Waals surface area contributed by atoms with Gasteiger partial charge in [-0.3, -0.25) is 4.79 Å². The van der Waals surface area contributed by atoms with Gasteiger partial charge in [0.2, 0.25) is 5.91 Å². The van der Waals surface area contributed by atoms with Crippen LogP contribution in [0.1, 0.15) is 23.5 Å². The number of fused-ring (bicyclic) bond motifs is 1. The van der Waals surface area contributed by atoms with Crippen molar-refractivity contribution >= 4 is 29.1 Å². The Hall–Kier alpha value is -2.14. The number of nitrogen functional groups attached to an aromatic ring is 1. The molecule has 20 heavy (non-hydrogen) atoms. The zero-order chi connectivity index (χ0) is 14.3. The Morgan fingerprint density at radius 2 is 2.10 bits per heavy atom. The molecule has 0 aliphatic carbocycles. The number of amides is 1. The number of pyridine rings is 1. The normalized spacial score (nSPS) is 17.5. The van der Waals surface area contributed by atoms with Crippen LogP contribution in [0.2, 0.25) is 5.02 Å². The number of halogens is 2. The first kappa shape index (κ1) is 12.9. The number of aromatic nitrogens is 1. The number of benzene rings is 1. The van der Waals surface area contributed by atoms with Gasteiger partial charge in [-0.2, -0.15) is 0 Å². The summed E-state index contributed by atoms with van der Waals surface area (Å²) in [6.07, 6.45) is 0.149. The fourth-order valence-electron chi connectivity index (χ4n) is 2.41. The lowest BCUT2D eigenvalue weighted by Gasteiger charge is -2.25. The fourth-order valence-corrected chi connectivity index (χ4v) is 2.59. The predicted molar refractivity (Wildman–Crippen MR) is 75.1 cm³/mol. The summed E-state index contributed by atoms with van der Waals surface area (Å²) in [6.45, 7) is 0.